The fraction of sp³-hybridized carbons (Fsp3) is 0.395. The molecule has 248 valence electrons. The van der Waals surface area contributed by atoms with Gasteiger partial charge in [0.15, 0.2) is 0 Å². The zero-order valence-corrected chi connectivity index (χ0v) is 26.5. The van der Waals surface area contributed by atoms with E-state index in [1.54, 1.807) is 0 Å². The van der Waals surface area contributed by atoms with Gasteiger partial charge in [-0.25, -0.2) is 0 Å². The van der Waals surface area contributed by atoms with E-state index in [1.165, 1.54) is 12.4 Å². The van der Waals surface area contributed by atoms with Crippen LogP contribution in [0.15, 0.2) is 109 Å². The molecule has 0 aliphatic carbocycles. The van der Waals surface area contributed by atoms with E-state index in [2.05, 4.69) is 22.0 Å². The van der Waals surface area contributed by atoms with Crippen LogP contribution in [-0.4, -0.2) is 60.9 Å². The van der Waals surface area contributed by atoms with E-state index in [0.29, 0.717) is 46.0 Å². The first-order chi connectivity index (χ1) is 22.9. The molecule has 6 rings (SSSR count). The third-order valence-electron chi connectivity index (χ3n) is 8.99. The number of pyridine rings is 1. The first kappa shape index (κ1) is 33.2. The van der Waals surface area contributed by atoms with Crippen molar-refractivity contribution in [2.45, 2.75) is 57.2 Å². The van der Waals surface area contributed by atoms with Crippen LogP contribution in [0.3, 0.4) is 0 Å². The van der Waals surface area contributed by atoms with E-state index >= 15 is 0 Å². The van der Waals surface area contributed by atoms with Gasteiger partial charge >= 0.3 is 6.18 Å². The largest absolute Gasteiger partial charge is 0.418 e. The molecular weight excluding hydrogens is 603 g/mol. The smallest absolute Gasteiger partial charge is 0.369 e. The Morgan fingerprint density at radius 3 is 1.74 bits per heavy atom. The van der Waals surface area contributed by atoms with Gasteiger partial charge in [-0.2, -0.15) is 13.2 Å². The van der Waals surface area contributed by atoms with Gasteiger partial charge < -0.3 is 19.1 Å². The number of anilines is 1. The van der Waals surface area contributed by atoms with Crippen molar-refractivity contribution in [3.63, 3.8) is 0 Å². The molecule has 2 saturated heterocycles. The number of benzene rings is 3. The van der Waals surface area contributed by atoms with Gasteiger partial charge in [-0.15, -0.1) is 0 Å². The first-order valence-electron chi connectivity index (χ1n) is 16.4. The number of hydrogen-bond acceptors (Lipinski definition) is 6. The predicted molar refractivity (Wildman–Crippen MR) is 176 cm³/mol. The highest BCUT2D eigenvalue weighted by molar-refractivity contribution is 5.53. The summed E-state index contributed by atoms with van der Waals surface area (Å²) in [5.74, 6) is 0.177. The van der Waals surface area contributed by atoms with E-state index in [0.717, 1.165) is 42.1 Å². The fourth-order valence-corrected chi connectivity index (χ4v) is 6.69. The quantitative estimate of drug-likeness (QED) is 0.160. The highest BCUT2D eigenvalue weighted by Gasteiger charge is 2.41. The van der Waals surface area contributed by atoms with Crippen molar-refractivity contribution in [3.8, 4) is 0 Å². The van der Waals surface area contributed by atoms with Crippen molar-refractivity contribution < 1.29 is 27.4 Å². The number of halogens is 3. The summed E-state index contributed by atoms with van der Waals surface area (Å²) < 4.78 is 61.4. The molecule has 0 radical (unpaired) electrons. The molecule has 6 nitrogen and oxygen atoms in total. The van der Waals surface area contributed by atoms with Gasteiger partial charge in [-0.3, -0.25) is 9.88 Å². The van der Waals surface area contributed by atoms with Gasteiger partial charge in [0.05, 0.1) is 49.5 Å². The van der Waals surface area contributed by atoms with Gasteiger partial charge in [0, 0.05) is 38.9 Å². The highest BCUT2D eigenvalue weighted by Crippen LogP contribution is 2.37. The summed E-state index contributed by atoms with van der Waals surface area (Å²) >= 11 is 0. The Morgan fingerprint density at radius 1 is 0.681 bits per heavy atom. The Morgan fingerprint density at radius 2 is 1.21 bits per heavy atom. The lowest BCUT2D eigenvalue weighted by molar-refractivity contribution is -0.185. The number of likely N-dealkylation sites (tertiary alicyclic amines) is 1. The summed E-state index contributed by atoms with van der Waals surface area (Å²) in [6.45, 7) is 4.41. The summed E-state index contributed by atoms with van der Waals surface area (Å²) in [5.41, 5.74) is 2.76. The molecule has 3 aromatic carbocycles. The van der Waals surface area contributed by atoms with Crippen LogP contribution in [0.2, 0.25) is 0 Å². The van der Waals surface area contributed by atoms with E-state index in [9.17, 15) is 13.2 Å². The van der Waals surface area contributed by atoms with Gasteiger partial charge in [0.25, 0.3) is 0 Å². The molecule has 0 N–H and O–H groups in total. The lowest BCUT2D eigenvalue weighted by Gasteiger charge is -2.45. The van der Waals surface area contributed by atoms with Crippen LogP contribution in [0.25, 0.3) is 0 Å². The van der Waals surface area contributed by atoms with E-state index in [-0.39, 0.29) is 29.9 Å². The summed E-state index contributed by atoms with van der Waals surface area (Å²) in [5, 5.41) is 0. The van der Waals surface area contributed by atoms with Crippen molar-refractivity contribution in [2.75, 3.05) is 37.6 Å². The topological polar surface area (TPSA) is 47.1 Å². The standard InChI is InChI=1S/C38H42F3N3O3/c39-38(40,41)33-18-19-42-21-34(33)44-20-10-17-32(23-44)22-43-24-35(45-26-29-11-4-1-5-12-29)37(47-28-31-15-8-3-9-16-31)36(25-43)46-27-30-13-6-2-7-14-30/h1-9,11-16,18-19,21,32,35-37H,10,17,20,22-28H2/t32-,35-,36-/m1/s1. The predicted octanol–water partition coefficient (Wildman–Crippen LogP) is 7.39. The molecule has 4 aromatic rings. The maximum Gasteiger partial charge on any atom is 0.418 e. The summed E-state index contributed by atoms with van der Waals surface area (Å²) in [7, 11) is 0. The zero-order valence-electron chi connectivity index (χ0n) is 26.5. The van der Waals surface area contributed by atoms with Crippen LogP contribution < -0.4 is 4.90 Å². The van der Waals surface area contributed by atoms with Crippen molar-refractivity contribution in [1.29, 1.82) is 0 Å². The monoisotopic (exact) mass is 645 g/mol. The van der Waals surface area contributed by atoms with Crippen LogP contribution in [-0.2, 0) is 40.2 Å². The normalized spacial score (nSPS) is 21.2. The molecule has 47 heavy (non-hydrogen) atoms. The minimum absolute atomic E-state index is 0.158. The fourth-order valence-electron chi connectivity index (χ4n) is 6.69. The van der Waals surface area contributed by atoms with Gasteiger partial charge in [-0.05, 0) is 41.5 Å². The second kappa shape index (κ2) is 15.9. The minimum atomic E-state index is -4.43. The maximum atomic E-state index is 13.9. The van der Waals surface area contributed by atoms with E-state index in [4.69, 9.17) is 14.2 Å². The van der Waals surface area contributed by atoms with Crippen LogP contribution >= 0.6 is 0 Å². The zero-order chi connectivity index (χ0) is 32.5. The van der Waals surface area contributed by atoms with Crippen molar-refractivity contribution in [3.05, 3.63) is 132 Å². The molecule has 2 fully saturated rings. The second-order valence-electron chi connectivity index (χ2n) is 12.5. The maximum absolute atomic E-state index is 13.9. The number of nitrogens with zero attached hydrogens (tertiary/aromatic N) is 3. The van der Waals surface area contributed by atoms with E-state index < -0.39 is 11.7 Å². The van der Waals surface area contributed by atoms with Gasteiger partial charge in [-0.1, -0.05) is 91.0 Å². The molecule has 0 saturated carbocycles. The lowest BCUT2D eigenvalue weighted by Crippen LogP contribution is -2.59. The average Bonchev–Trinajstić information content (AvgIpc) is 3.10. The molecule has 9 heteroatoms. The molecule has 0 spiro atoms. The number of rotatable bonds is 12. The molecule has 0 amide bonds. The SMILES string of the molecule is FC(F)(F)c1ccncc1N1CCC[C@H](CN2C[C@@H](OCc3ccccc3)C(OCc3ccccc3)[C@H](OCc3ccccc3)C2)C1. The van der Waals surface area contributed by atoms with Crippen LogP contribution in [0, 0.1) is 5.92 Å². The van der Waals surface area contributed by atoms with Crippen LogP contribution in [0.5, 0.6) is 0 Å². The number of piperidine rings is 2. The number of aromatic nitrogens is 1. The number of ether oxygens (including phenoxy) is 3. The van der Waals surface area contributed by atoms with Crippen LogP contribution in [0.1, 0.15) is 35.1 Å². The molecule has 3 heterocycles. The average molecular weight is 646 g/mol. The summed E-state index contributed by atoms with van der Waals surface area (Å²) in [4.78, 5) is 8.24. The molecule has 0 bridgehead atoms. The van der Waals surface area contributed by atoms with E-state index in [1.807, 2.05) is 83.8 Å². The summed E-state index contributed by atoms with van der Waals surface area (Å²) in [6.07, 6.45) is -0.981. The van der Waals surface area contributed by atoms with Gasteiger partial charge in [0.2, 0.25) is 0 Å². The molecule has 0 unspecified atom stereocenters. The first-order valence-corrected chi connectivity index (χ1v) is 16.4. The van der Waals surface area contributed by atoms with Crippen molar-refractivity contribution in [2.24, 2.45) is 5.92 Å². The molecular formula is C38H42F3N3O3. The number of hydrogen-bond donors (Lipinski definition) is 0. The summed E-state index contributed by atoms with van der Waals surface area (Å²) in [6, 6.07) is 31.4. The third-order valence-corrected chi connectivity index (χ3v) is 8.99. The van der Waals surface area contributed by atoms with Crippen LogP contribution in [0.4, 0.5) is 18.9 Å². The highest BCUT2D eigenvalue weighted by atomic mass is 19.4. The Bertz CT molecular complexity index is 1460. The van der Waals surface area contributed by atoms with Crippen molar-refractivity contribution >= 4 is 5.69 Å². The second-order valence-corrected chi connectivity index (χ2v) is 12.5. The van der Waals surface area contributed by atoms with Gasteiger partial charge in [0.1, 0.15) is 6.10 Å². The molecule has 2 aliphatic heterocycles. The minimum Gasteiger partial charge on any atom is -0.369 e. The lowest BCUT2D eigenvalue weighted by atomic mass is 9.94. The Labute approximate surface area is 275 Å². The molecule has 2 aliphatic rings. The third kappa shape index (κ3) is 9.20. The Balaban J connectivity index is 1.20. The van der Waals surface area contributed by atoms with Crippen molar-refractivity contribution in [1.82, 2.24) is 9.88 Å². The number of alkyl halides is 3. The molecule has 3 atom stereocenters. The Kier molecular flexibility index (Phi) is 11.2. The molecule has 1 aromatic heterocycles. The Hall–Kier alpha value is -3.76.